The number of nitrogens with one attached hydrogen (secondary N) is 1. The number of nitrogens with zero attached hydrogens (tertiary/aromatic N) is 2. The molecule has 3 aromatic carbocycles. The molecular weight excluding hydrogens is 553 g/mol. The Labute approximate surface area is 241 Å². The number of amides is 2. The van der Waals surface area contributed by atoms with Gasteiger partial charge in [0.2, 0.25) is 21.8 Å². The van der Waals surface area contributed by atoms with Gasteiger partial charge in [-0.05, 0) is 55.7 Å². The zero-order valence-electron chi connectivity index (χ0n) is 22.9. The number of hydrogen-bond donors (Lipinski definition) is 1. The summed E-state index contributed by atoms with van der Waals surface area (Å²) in [6.45, 7) is 3.76. The Morgan fingerprint density at radius 2 is 1.55 bits per heavy atom. The molecule has 0 saturated heterocycles. The number of carbonyl (C=O) groups is 2. The van der Waals surface area contributed by atoms with Gasteiger partial charge in [0.1, 0.15) is 11.9 Å². The molecule has 2 amide bonds. The molecule has 1 N–H and O–H groups in total. The van der Waals surface area contributed by atoms with Crippen molar-refractivity contribution in [1.82, 2.24) is 10.2 Å². The number of halogens is 2. The third kappa shape index (κ3) is 9.06. The van der Waals surface area contributed by atoms with Crippen LogP contribution in [0.3, 0.4) is 0 Å². The first kappa shape index (κ1) is 31.1. The summed E-state index contributed by atoms with van der Waals surface area (Å²) in [5.41, 5.74) is 1.61. The smallest absolute Gasteiger partial charge is 0.243 e. The van der Waals surface area contributed by atoms with Gasteiger partial charge >= 0.3 is 0 Å². The minimum Gasteiger partial charge on any atom is -0.352 e. The molecule has 214 valence electrons. The fourth-order valence-corrected chi connectivity index (χ4v) is 5.45. The molecule has 3 aromatic rings. The van der Waals surface area contributed by atoms with E-state index in [-0.39, 0.29) is 49.5 Å². The van der Waals surface area contributed by atoms with E-state index in [9.17, 15) is 22.4 Å². The highest BCUT2D eigenvalue weighted by Crippen LogP contribution is 2.23. The summed E-state index contributed by atoms with van der Waals surface area (Å²) in [7, 11) is -3.80. The molecule has 10 heteroatoms. The van der Waals surface area contributed by atoms with E-state index in [0.29, 0.717) is 11.4 Å². The van der Waals surface area contributed by atoms with Crippen molar-refractivity contribution in [2.75, 3.05) is 17.1 Å². The van der Waals surface area contributed by atoms with Gasteiger partial charge in [0.15, 0.2) is 0 Å². The van der Waals surface area contributed by atoms with E-state index in [2.05, 4.69) is 5.32 Å². The molecule has 0 aliphatic heterocycles. The van der Waals surface area contributed by atoms with E-state index in [0.717, 1.165) is 21.7 Å². The van der Waals surface area contributed by atoms with E-state index in [1.807, 2.05) is 44.2 Å². The van der Waals surface area contributed by atoms with Crippen LogP contribution in [0.5, 0.6) is 0 Å². The molecule has 0 aliphatic rings. The average molecular weight is 588 g/mol. The second-order valence-electron chi connectivity index (χ2n) is 9.91. The standard InChI is InChI=1S/C30H35ClFN3O4S/c1-22(2)33-30(37)28(20-23-10-5-4-6-11-23)34(21-24-15-17-25(31)18-16-24)29(36)14-9-19-35(40(3,38)39)27-13-8-7-12-26(27)32/h4-8,10-13,15-18,22,28H,9,14,19-21H2,1-3H3,(H,33,37). The molecule has 40 heavy (non-hydrogen) atoms. The molecule has 0 radical (unpaired) electrons. The van der Waals surface area contributed by atoms with Gasteiger partial charge in [-0.3, -0.25) is 13.9 Å². The van der Waals surface area contributed by atoms with Gasteiger partial charge in [-0.1, -0.05) is 66.2 Å². The number of anilines is 1. The van der Waals surface area contributed by atoms with Crippen LogP contribution in [-0.4, -0.2) is 50.0 Å². The summed E-state index contributed by atoms with van der Waals surface area (Å²) < 4.78 is 40.3. The lowest BCUT2D eigenvalue weighted by atomic mass is 10.0. The lowest BCUT2D eigenvalue weighted by Crippen LogP contribution is -2.51. The summed E-state index contributed by atoms with van der Waals surface area (Å²) in [5, 5.41) is 3.48. The molecule has 3 rings (SSSR count). The zero-order chi connectivity index (χ0) is 29.3. The van der Waals surface area contributed by atoms with Gasteiger partial charge in [-0.15, -0.1) is 0 Å². The minimum absolute atomic E-state index is 0.0473. The Balaban J connectivity index is 1.88. The summed E-state index contributed by atoms with van der Waals surface area (Å²) in [4.78, 5) is 28.7. The topological polar surface area (TPSA) is 86.8 Å². The Hall–Kier alpha value is -3.43. The Morgan fingerprint density at radius 3 is 2.15 bits per heavy atom. The fraction of sp³-hybridized carbons (Fsp3) is 0.333. The third-order valence-corrected chi connectivity index (χ3v) is 7.67. The maximum Gasteiger partial charge on any atom is 0.243 e. The van der Waals surface area contributed by atoms with Crippen molar-refractivity contribution < 1.29 is 22.4 Å². The number of sulfonamides is 1. The van der Waals surface area contributed by atoms with E-state index in [4.69, 9.17) is 11.6 Å². The second kappa shape index (κ2) is 14.3. The van der Waals surface area contributed by atoms with Crippen LogP contribution < -0.4 is 9.62 Å². The van der Waals surface area contributed by atoms with E-state index < -0.39 is 21.9 Å². The van der Waals surface area contributed by atoms with Crippen LogP contribution in [0.15, 0.2) is 78.9 Å². The Morgan fingerprint density at radius 1 is 0.925 bits per heavy atom. The molecular formula is C30H35ClFN3O4S. The molecule has 0 saturated carbocycles. The molecule has 1 atom stereocenters. The van der Waals surface area contributed by atoms with Crippen molar-refractivity contribution in [2.24, 2.45) is 0 Å². The number of carbonyl (C=O) groups excluding carboxylic acids is 2. The molecule has 7 nitrogen and oxygen atoms in total. The fourth-order valence-electron chi connectivity index (χ4n) is 4.36. The van der Waals surface area contributed by atoms with E-state index >= 15 is 0 Å². The first-order valence-electron chi connectivity index (χ1n) is 13.1. The summed E-state index contributed by atoms with van der Waals surface area (Å²) in [5.74, 6) is -1.28. The normalized spacial score (nSPS) is 12.2. The van der Waals surface area contributed by atoms with Crippen LogP contribution in [0.25, 0.3) is 0 Å². The van der Waals surface area contributed by atoms with Crippen LogP contribution in [0.4, 0.5) is 10.1 Å². The third-order valence-electron chi connectivity index (χ3n) is 6.24. The first-order chi connectivity index (χ1) is 19.0. The van der Waals surface area contributed by atoms with Crippen molar-refractivity contribution in [2.45, 2.75) is 51.7 Å². The number of benzene rings is 3. The van der Waals surface area contributed by atoms with Gasteiger partial charge < -0.3 is 10.2 Å². The average Bonchev–Trinajstić information content (AvgIpc) is 2.89. The summed E-state index contributed by atoms with van der Waals surface area (Å²) in [6.07, 6.45) is 1.37. The maximum absolute atomic E-state index is 14.4. The highest BCUT2D eigenvalue weighted by atomic mass is 35.5. The van der Waals surface area contributed by atoms with Crippen molar-refractivity contribution in [3.63, 3.8) is 0 Å². The van der Waals surface area contributed by atoms with Crippen LogP contribution in [0, 0.1) is 5.82 Å². The molecule has 1 unspecified atom stereocenters. The van der Waals surface area contributed by atoms with Crippen LogP contribution in [-0.2, 0) is 32.6 Å². The predicted octanol–water partition coefficient (Wildman–Crippen LogP) is 5.19. The second-order valence-corrected chi connectivity index (χ2v) is 12.3. The van der Waals surface area contributed by atoms with Crippen molar-refractivity contribution in [3.05, 3.63) is 101 Å². The van der Waals surface area contributed by atoms with Crippen molar-refractivity contribution in [1.29, 1.82) is 0 Å². The van der Waals surface area contributed by atoms with Crippen LogP contribution in [0.1, 0.15) is 37.8 Å². The highest BCUT2D eigenvalue weighted by molar-refractivity contribution is 7.92. The monoisotopic (exact) mass is 587 g/mol. The number of para-hydroxylation sites is 1. The summed E-state index contributed by atoms with van der Waals surface area (Å²) >= 11 is 6.06. The van der Waals surface area contributed by atoms with Gasteiger partial charge in [0.25, 0.3) is 0 Å². The lowest BCUT2D eigenvalue weighted by molar-refractivity contribution is -0.141. The minimum atomic E-state index is -3.80. The number of rotatable bonds is 13. The van der Waals surface area contributed by atoms with Crippen LogP contribution in [0.2, 0.25) is 5.02 Å². The van der Waals surface area contributed by atoms with Crippen molar-refractivity contribution in [3.8, 4) is 0 Å². The number of hydrogen-bond acceptors (Lipinski definition) is 4. The molecule has 0 heterocycles. The highest BCUT2D eigenvalue weighted by Gasteiger charge is 2.31. The molecule has 0 aromatic heterocycles. The predicted molar refractivity (Wildman–Crippen MR) is 157 cm³/mol. The van der Waals surface area contributed by atoms with Crippen LogP contribution >= 0.6 is 11.6 Å². The van der Waals surface area contributed by atoms with Gasteiger partial charge in [0.05, 0.1) is 11.9 Å². The SMILES string of the molecule is CC(C)NC(=O)C(Cc1ccccc1)N(Cc1ccc(Cl)cc1)C(=O)CCCN(c1ccccc1F)S(C)(=O)=O. The first-order valence-corrected chi connectivity index (χ1v) is 15.3. The molecule has 0 fully saturated rings. The largest absolute Gasteiger partial charge is 0.352 e. The Kier molecular flexibility index (Phi) is 11.1. The molecule has 0 spiro atoms. The van der Waals surface area contributed by atoms with Gasteiger partial charge in [-0.2, -0.15) is 0 Å². The summed E-state index contributed by atoms with van der Waals surface area (Å²) in [6, 6.07) is 21.1. The van der Waals surface area contributed by atoms with Gasteiger partial charge in [-0.25, -0.2) is 12.8 Å². The van der Waals surface area contributed by atoms with E-state index in [1.165, 1.54) is 23.1 Å². The molecule has 0 aliphatic carbocycles. The maximum atomic E-state index is 14.4. The van der Waals surface area contributed by atoms with Crippen molar-refractivity contribution >= 4 is 39.1 Å². The Bertz CT molecular complexity index is 1390. The molecule has 0 bridgehead atoms. The van der Waals surface area contributed by atoms with Gasteiger partial charge in [0, 0.05) is 37.0 Å². The quantitative estimate of drug-likeness (QED) is 0.298. The zero-order valence-corrected chi connectivity index (χ0v) is 24.5. The van der Waals surface area contributed by atoms with E-state index in [1.54, 1.807) is 30.3 Å². The lowest BCUT2D eigenvalue weighted by Gasteiger charge is -2.32.